The summed E-state index contributed by atoms with van der Waals surface area (Å²) in [4.78, 5) is 4.46. The van der Waals surface area contributed by atoms with Gasteiger partial charge in [-0.2, -0.15) is 0 Å². The van der Waals surface area contributed by atoms with Gasteiger partial charge in [-0.1, -0.05) is 18.2 Å². The molecule has 21 heavy (non-hydrogen) atoms. The van der Waals surface area contributed by atoms with Gasteiger partial charge < -0.3 is 10.5 Å². The Kier molecular flexibility index (Phi) is 3.54. The second kappa shape index (κ2) is 5.50. The van der Waals surface area contributed by atoms with Crippen LogP contribution in [0.4, 0.5) is 4.39 Å². The molecule has 0 saturated carbocycles. The monoisotopic (exact) mass is 282 g/mol. The fourth-order valence-corrected chi connectivity index (χ4v) is 2.30. The van der Waals surface area contributed by atoms with Gasteiger partial charge in [-0.15, -0.1) is 0 Å². The van der Waals surface area contributed by atoms with Crippen LogP contribution in [0.3, 0.4) is 0 Å². The van der Waals surface area contributed by atoms with E-state index in [-0.39, 0.29) is 12.4 Å². The molecule has 2 aromatic carbocycles. The highest BCUT2D eigenvalue weighted by Gasteiger charge is 2.11. The molecule has 106 valence electrons. The second-order valence-corrected chi connectivity index (χ2v) is 4.80. The highest BCUT2D eigenvalue weighted by molar-refractivity contribution is 5.85. The molecule has 3 nitrogen and oxygen atoms in total. The van der Waals surface area contributed by atoms with Crippen LogP contribution >= 0.6 is 0 Å². The summed E-state index contributed by atoms with van der Waals surface area (Å²) < 4.78 is 19.7. The average molecular weight is 282 g/mol. The molecule has 1 aromatic heterocycles. The zero-order valence-corrected chi connectivity index (χ0v) is 11.6. The molecular formula is C17H15FN2O. The van der Waals surface area contributed by atoms with Crippen LogP contribution in [-0.2, 0) is 6.54 Å². The lowest BCUT2D eigenvalue weighted by Crippen LogP contribution is -2.03. The number of aromatic nitrogens is 1. The van der Waals surface area contributed by atoms with Crippen LogP contribution in [0.2, 0.25) is 0 Å². The molecule has 0 saturated heterocycles. The van der Waals surface area contributed by atoms with Gasteiger partial charge in [0.15, 0.2) is 0 Å². The van der Waals surface area contributed by atoms with E-state index in [9.17, 15) is 4.39 Å². The first-order valence-electron chi connectivity index (χ1n) is 6.70. The van der Waals surface area contributed by atoms with Crippen LogP contribution in [0.5, 0.6) is 11.5 Å². The number of ether oxygens (including phenoxy) is 1. The number of para-hydroxylation sites is 1. The number of hydrogen-bond acceptors (Lipinski definition) is 3. The highest BCUT2D eigenvalue weighted by atomic mass is 19.1. The molecule has 4 heteroatoms. The van der Waals surface area contributed by atoms with E-state index in [1.165, 1.54) is 6.07 Å². The zero-order chi connectivity index (χ0) is 14.8. The third-order valence-electron chi connectivity index (χ3n) is 3.31. The molecule has 0 radical (unpaired) electrons. The van der Waals surface area contributed by atoms with E-state index in [1.807, 2.05) is 37.3 Å². The van der Waals surface area contributed by atoms with E-state index in [2.05, 4.69) is 4.98 Å². The van der Waals surface area contributed by atoms with Crippen molar-refractivity contribution in [2.24, 2.45) is 5.73 Å². The maximum Gasteiger partial charge on any atom is 0.138 e. The van der Waals surface area contributed by atoms with Gasteiger partial charge in [0.25, 0.3) is 0 Å². The Morgan fingerprint density at radius 1 is 1.10 bits per heavy atom. The molecule has 0 bridgehead atoms. The first-order chi connectivity index (χ1) is 10.2. The smallest absolute Gasteiger partial charge is 0.138 e. The number of rotatable bonds is 3. The van der Waals surface area contributed by atoms with E-state index >= 15 is 0 Å². The fraction of sp³-hybridized carbons (Fsp3) is 0.118. The summed E-state index contributed by atoms with van der Waals surface area (Å²) in [5, 5.41) is 0.885. The lowest BCUT2D eigenvalue weighted by Gasteiger charge is -2.13. The largest absolute Gasteiger partial charge is 0.456 e. The van der Waals surface area contributed by atoms with Crippen molar-refractivity contribution in [2.75, 3.05) is 0 Å². The van der Waals surface area contributed by atoms with E-state index < -0.39 is 0 Å². The van der Waals surface area contributed by atoms with Crippen molar-refractivity contribution in [1.82, 2.24) is 4.98 Å². The second-order valence-electron chi connectivity index (χ2n) is 4.80. The molecule has 2 N–H and O–H groups in total. The molecule has 1 heterocycles. The molecule has 0 amide bonds. The number of nitrogens with two attached hydrogens (primary N) is 1. The minimum Gasteiger partial charge on any atom is -0.456 e. The van der Waals surface area contributed by atoms with Gasteiger partial charge in [0, 0.05) is 29.3 Å². The van der Waals surface area contributed by atoms with Crippen molar-refractivity contribution >= 4 is 10.9 Å². The van der Waals surface area contributed by atoms with E-state index in [1.54, 1.807) is 12.1 Å². The molecule has 0 unspecified atom stereocenters. The molecule has 0 aliphatic carbocycles. The van der Waals surface area contributed by atoms with Crippen molar-refractivity contribution in [3.05, 3.63) is 65.6 Å². The normalized spacial score (nSPS) is 10.8. The SMILES string of the molecule is Cc1cc(Oc2cccc(F)c2CN)c2ccccc2n1. The molecule has 0 spiro atoms. The van der Waals surface area contributed by atoms with Crippen molar-refractivity contribution in [2.45, 2.75) is 13.5 Å². The maximum atomic E-state index is 13.8. The predicted octanol–water partition coefficient (Wildman–Crippen LogP) is 3.93. The Labute approximate surface area is 122 Å². The summed E-state index contributed by atoms with van der Waals surface area (Å²) in [5.74, 6) is 0.733. The summed E-state index contributed by atoms with van der Waals surface area (Å²) in [7, 11) is 0. The molecule has 0 fully saturated rings. The maximum absolute atomic E-state index is 13.8. The average Bonchev–Trinajstić information content (AvgIpc) is 2.47. The minimum absolute atomic E-state index is 0.0873. The van der Waals surface area contributed by atoms with Gasteiger partial charge in [0.05, 0.1) is 5.52 Å². The molecule has 3 aromatic rings. The third kappa shape index (κ3) is 2.58. The summed E-state index contributed by atoms with van der Waals surface area (Å²) >= 11 is 0. The summed E-state index contributed by atoms with van der Waals surface area (Å²) in [6, 6.07) is 14.2. The number of nitrogens with zero attached hydrogens (tertiary/aromatic N) is 1. The Morgan fingerprint density at radius 2 is 1.90 bits per heavy atom. The number of aryl methyl sites for hydroxylation is 1. The minimum atomic E-state index is -0.356. The number of halogens is 1. The molecule has 0 aliphatic heterocycles. The fourth-order valence-electron chi connectivity index (χ4n) is 2.30. The number of fused-ring (bicyclic) bond motifs is 1. The van der Waals surface area contributed by atoms with Crippen LogP contribution in [0, 0.1) is 12.7 Å². The standard InChI is InChI=1S/C17H15FN2O/c1-11-9-17(12-5-2-3-7-15(12)20-11)21-16-8-4-6-14(18)13(16)10-19/h2-9H,10,19H2,1H3. The van der Waals surface area contributed by atoms with Crippen LogP contribution in [0.15, 0.2) is 48.5 Å². The topological polar surface area (TPSA) is 48.1 Å². The Morgan fingerprint density at radius 3 is 2.71 bits per heavy atom. The number of hydrogen-bond donors (Lipinski definition) is 1. The number of benzene rings is 2. The van der Waals surface area contributed by atoms with Crippen molar-refractivity contribution in [1.29, 1.82) is 0 Å². The van der Waals surface area contributed by atoms with Gasteiger partial charge in [0.1, 0.15) is 17.3 Å². The quantitative estimate of drug-likeness (QED) is 0.791. The van der Waals surface area contributed by atoms with Gasteiger partial charge >= 0.3 is 0 Å². The van der Waals surface area contributed by atoms with Crippen LogP contribution < -0.4 is 10.5 Å². The molecule has 0 atom stereocenters. The Bertz CT molecular complexity index is 802. The van der Waals surface area contributed by atoms with E-state index in [4.69, 9.17) is 10.5 Å². The first kappa shape index (κ1) is 13.5. The predicted molar refractivity (Wildman–Crippen MR) is 80.8 cm³/mol. The third-order valence-corrected chi connectivity index (χ3v) is 3.31. The van der Waals surface area contributed by atoms with Crippen molar-refractivity contribution < 1.29 is 9.13 Å². The van der Waals surface area contributed by atoms with Gasteiger partial charge in [-0.05, 0) is 31.2 Å². The van der Waals surface area contributed by atoms with Crippen molar-refractivity contribution in [3.63, 3.8) is 0 Å². The lowest BCUT2D eigenvalue weighted by atomic mass is 10.1. The number of pyridine rings is 1. The van der Waals surface area contributed by atoms with E-state index in [0.717, 1.165) is 16.6 Å². The highest BCUT2D eigenvalue weighted by Crippen LogP contribution is 2.32. The summed E-state index contributed by atoms with van der Waals surface area (Å²) in [5.41, 5.74) is 7.67. The van der Waals surface area contributed by atoms with Crippen molar-refractivity contribution in [3.8, 4) is 11.5 Å². The van der Waals surface area contributed by atoms with Crippen LogP contribution in [-0.4, -0.2) is 4.98 Å². The first-order valence-corrected chi connectivity index (χ1v) is 6.70. The molecule has 3 rings (SSSR count). The van der Waals surface area contributed by atoms with Gasteiger partial charge in [0.2, 0.25) is 0 Å². The van der Waals surface area contributed by atoms with Gasteiger partial charge in [-0.25, -0.2) is 4.39 Å². The van der Waals surface area contributed by atoms with Gasteiger partial charge in [-0.3, -0.25) is 4.98 Å². The van der Waals surface area contributed by atoms with Crippen LogP contribution in [0.25, 0.3) is 10.9 Å². The summed E-state index contributed by atoms with van der Waals surface area (Å²) in [6.45, 7) is 1.98. The van der Waals surface area contributed by atoms with Crippen LogP contribution in [0.1, 0.15) is 11.3 Å². The molecular weight excluding hydrogens is 267 g/mol. The lowest BCUT2D eigenvalue weighted by molar-refractivity contribution is 0.471. The summed E-state index contributed by atoms with van der Waals surface area (Å²) in [6.07, 6.45) is 0. The Balaban J connectivity index is 2.12. The Hall–Kier alpha value is -2.46. The van der Waals surface area contributed by atoms with E-state index in [0.29, 0.717) is 17.1 Å². The zero-order valence-electron chi connectivity index (χ0n) is 11.6. The molecule has 0 aliphatic rings.